The highest BCUT2D eigenvalue weighted by atomic mass is 16.5. The number of amides is 1. The molecule has 1 saturated heterocycles. The SMILES string of the molecule is CO[C@@H]1CCN(C(=O)c2ccncc2)C[C@@H]1Cc1cccc(C)c1. The summed E-state index contributed by atoms with van der Waals surface area (Å²) in [5.41, 5.74) is 3.28. The molecule has 2 heterocycles. The second-order valence-corrected chi connectivity index (χ2v) is 6.50. The Morgan fingerprint density at radius 1 is 1.29 bits per heavy atom. The topological polar surface area (TPSA) is 42.4 Å². The lowest BCUT2D eigenvalue weighted by Crippen LogP contribution is -2.47. The smallest absolute Gasteiger partial charge is 0.253 e. The van der Waals surface area contributed by atoms with Crippen LogP contribution in [0.4, 0.5) is 0 Å². The molecular formula is C20H24N2O2. The van der Waals surface area contributed by atoms with Crippen LogP contribution in [0.3, 0.4) is 0 Å². The zero-order chi connectivity index (χ0) is 16.9. The van der Waals surface area contributed by atoms with Gasteiger partial charge in [-0.15, -0.1) is 0 Å². The van der Waals surface area contributed by atoms with E-state index in [1.807, 2.05) is 4.90 Å². The van der Waals surface area contributed by atoms with E-state index in [1.165, 1.54) is 11.1 Å². The van der Waals surface area contributed by atoms with Crippen LogP contribution in [0, 0.1) is 12.8 Å². The van der Waals surface area contributed by atoms with Gasteiger partial charge in [0, 0.05) is 44.1 Å². The molecule has 0 bridgehead atoms. The summed E-state index contributed by atoms with van der Waals surface area (Å²) in [5.74, 6) is 0.400. The second kappa shape index (κ2) is 7.58. The minimum atomic E-state index is 0.0844. The number of aryl methyl sites for hydroxylation is 1. The summed E-state index contributed by atoms with van der Waals surface area (Å²) in [7, 11) is 1.77. The van der Waals surface area contributed by atoms with Crippen LogP contribution < -0.4 is 0 Å². The Balaban J connectivity index is 1.73. The zero-order valence-electron chi connectivity index (χ0n) is 14.3. The number of hydrogen-bond donors (Lipinski definition) is 0. The molecule has 1 fully saturated rings. The molecular weight excluding hydrogens is 300 g/mol. The quantitative estimate of drug-likeness (QED) is 0.868. The third-order valence-corrected chi connectivity index (χ3v) is 4.76. The van der Waals surface area contributed by atoms with E-state index in [0.717, 1.165) is 25.9 Å². The predicted octanol–water partition coefficient (Wildman–Crippen LogP) is 3.11. The summed E-state index contributed by atoms with van der Waals surface area (Å²) in [6, 6.07) is 12.1. The molecule has 0 radical (unpaired) electrons. The first-order valence-electron chi connectivity index (χ1n) is 8.45. The average molecular weight is 324 g/mol. The summed E-state index contributed by atoms with van der Waals surface area (Å²) < 4.78 is 5.69. The first-order chi connectivity index (χ1) is 11.7. The van der Waals surface area contributed by atoms with E-state index >= 15 is 0 Å². The average Bonchev–Trinajstić information content (AvgIpc) is 2.62. The Morgan fingerprint density at radius 2 is 2.08 bits per heavy atom. The van der Waals surface area contributed by atoms with Gasteiger partial charge in [0.15, 0.2) is 0 Å². The largest absolute Gasteiger partial charge is 0.381 e. The van der Waals surface area contributed by atoms with Crippen molar-refractivity contribution >= 4 is 5.91 Å². The summed E-state index contributed by atoms with van der Waals surface area (Å²) in [6.07, 6.45) is 5.34. The van der Waals surface area contributed by atoms with Crippen molar-refractivity contribution in [2.45, 2.75) is 25.9 Å². The lowest BCUT2D eigenvalue weighted by atomic mass is 9.88. The lowest BCUT2D eigenvalue weighted by molar-refractivity contribution is -0.00300. The van der Waals surface area contributed by atoms with Gasteiger partial charge in [0.2, 0.25) is 0 Å². The third kappa shape index (κ3) is 3.82. The van der Waals surface area contributed by atoms with Gasteiger partial charge in [-0.1, -0.05) is 29.8 Å². The minimum Gasteiger partial charge on any atom is -0.381 e. The number of methoxy groups -OCH3 is 1. The fourth-order valence-corrected chi connectivity index (χ4v) is 3.52. The molecule has 0 saturated carbocycles. The highest BCUT2D eigenvalue weighted by Gasteiger charge is 2.32. The maximum Gasteiger partial charge on any atom is 0.253 e. The maximum absolute atomic E-state index is 12.7. The molecule has 0 spiro atoms. The van der Waals surface area contributed by atoms with Crippen LogP contribution in [-0.4, -0.2) is 42.1 Å². The molecule has 1 aliphatic heterocycles. The molecule has 1 aromatic carbocycles. The van der Waals surface area contributed by atoms with Crippen LogP contribution >= 0.6 is 0 Å². The molecule has 24 heavy (non-hydrogen) atoms. The Bertz CT molecular complexity index is 687. The number of pyridine rings is 1. The molecule has 3 rings (SSSR count). The summed E-state index contributed by atoms with van der Waals surface area (Å²) in [5, 5.41) is 0. The minimum absolute atomic E-state index is 0.0844. The molecule has 0 unspecified atom stereocenters. The van der Waals surface area contributed by atoms with Gasteiger partial charge in [-0.25, -0.2) is 0 Å². The maximum atomic E-state index is 12.7. The van der Waals surface area contributed by atoms with E-state index < -0.39 is 0 Å². The van der Waals surface area contributed by atoms with Gasteiger partial charge in [0.05, 0.1) is 6.10 Å². The summed E-state index contributed by atoms with van der Waals surface area (Å²) in [4.78, 5) is 18.6. The number of piperidine rings is 1. The number of carbonyl (C=O) groups is 1. The van der Waals surface area contributed by atoms with Crippen LogP contribution in [0.15, 0.2) is 48.8 Å². The summed E-state index contributed by atoms with van der Waals surface area (Å²) >= 11 is 0. The highest BCUT2D eigenvalue weighted by Crippen LogP contribution is 2.25. The second-order valence-electron chi connectivity index (χ2n) is 6.50. The van der Waals surface area contributed by atoms with E-state index in [2.05, 4.69) is 36.2 Å². The van der Waals surface area contributed by atoms with Crippen molar-refractivity contribution in [2.75, 3.05) is 20.2 Å². The lowest BCUT2D eigenvalue weighted by Gasteiger charge is -2.38. The van der Waals surface area contributed by atoms with E-state index in [1.54, 1.807) is 31.6 Å². The number of carbonyl (C=O) groups excluding carboxylic acids is 1. The fraction of sp³-hybridized carbons (Fsp3) is 0.400. The van der Waals surface area contributed by atoms with Crippen molar-refractivity contribution in [3.05, 3.63) is 65.5 Å². The van der Waals surface area contributed by atoms with Crippen molar-refractivity contribution in [3.63, 3.8) is 0 Å². The fourth-order valence-electron chi connectivity index (χ4n) is 3.52. The number of aromatic nitrogens is 1. The van der Waals surface area contributed by atoms with Crippen molar-refractivity contribution in [3.8, 4) is 0 Å². The van der Waals surface area contributed by atoms with Gasteiger partial charge in [-0.05, 0) is 37.5 Å². The normalized spacial score (nSPS) is 20.8. The molecule has 1 aliphatic rings. The number of nitrogens with zero attached hydrogens (tertiary/aromatic N) is 2. The van der Waals surface area contributed by atoms with Crippen LogP contribution in [0.2, 0.25) is 0 Å². The predicted molar refractivity (Wildman–Crippen MR) is 93.9 cm³/mol. The third-order valence-electron chi connectivity index (χ3n) is 4.76. The number of ether oxygens (including phenoxy) is 1. The summed E-state index contributed by atoms with van der Waals surface area (Å²) in [6.45, 7) is 3.58. The number of hydrogen-bond acceptors (Lipinski definition) is 3. The number of benzene rings is 1. The first kappa shape index (κ1) is 16.7. The van der Waals surface area contributed by atoms with E-state index in [-0.39, 0.29) is 12.0 Å². The standard InChI is InChI=1S/C20H24N2O2/c1-15-4-3-5-16(12-15)13-18-14-22(11-8-19(18)24-2)20(23)17-6-9-21-10-7-17/h3-7,9-10,12,18-19H,8,11,13-14H2,1-2H3/t18-,19+/m0/s1. The number of likely N-dealkylation sites (tertiary alicyclic amines) is 1. The molecule has 1 aromatic heterocycles. The van der Waals surface area contributed by atoms with Gasteiger partial charge >= 0.3 is 0 Å². The molecule has 4 heteroatoms. The van der Waals surface area contributed by atoms with Crippen LogP contribution in [0.5, 0.6) is 0 Å². The van der Waals surface area contributed by atoms with Gasteiger partial charge < -0.3 is 9.64 Å². The van der Waals surface area contributed by atoms with Crippen molar-refractivity contribution in [2.24, 2.45) is 5.92 Å². The van der Waals surface area contributed by atoms with Crippen LogP contribution in [-0.2, 0) is 11.2 Å². The zero-order valence-corrected chi connectivity index (χ0v) is 14.3. The van der Waals surface area contributed by atoms with E-state index in [0.29, 0.717) is 11.5 Å². The van der Waals surface area contributed by atoms with Gasteiger partial charge in [-0.2, -0.15) is 0 Å². The molecule has 1 amide bonds. The van der Waals surface area contributed by atoms with Crippen molar-refractivity contribution in [1.82, 2.24) is 9.88 Å². The molecule has 2 aromatic rings. The molecule has 0 N–H and O–H groups in total. The van der Waals surface area contributed by atoms with Crippen molar-refractivity contribution in [1.29, 1.82) is 0 Å². The molecule has 0 aliphatic carbocycles. The van der Waals surface area contributed by atoms with Crippen molar-refractivity contribution < 1.29 is 9.53 Å². The Hall–Kier alpha value is -2.20. The monoisotopic (exact) mass is 324 g/mol. The van der Waals surface area contributed by atoms with Gasteiger partial charge in [0.25, 0.3) is 5.91 Å². The molecule has 2 atom stereocenters. The number of rotatable bonds is 4. The van der Waals surface area contributed by atoms with Gasteiger partial charge in [0.1, 0.15) is 0 Å². The van der Waals surface area contributed by atoms with Crippen LogP contribution in [0.1, 0.15) is 27.9 Å². The van der Waals surface area contributed by atoms with E-state index in [9.17, 15) is 4.79 Å². The Labute approximate surface area is 143 Å². The Morgan fingerprint density at radius 3 is 2.79 bits per heavy atom. The first-order valence-corrected chi connectivity index (χ1v) is 8.45. The highest BCUT2D eigenvalue weighted by molar-refractivity contribution is 5.94. The van der Waals surface area contributed by atoms with Crippen LogP contribution in [0.25, 0.3) is 0 Å². The van der Waals surface area contributed by atoms with Gasteiger partial charge in [-0.3, -0.25) is 9.78 Å². The Kier molecular flexibility index (Phi) is 5.26. The molecule has 4 nitrogen and oxygen atoms in total. The van der Waals surface area contributed by atoms with E-state index in [4.69, 9.17) is 4.74 Å². The molecule has 126 valence electrons.